The molecule has 2 amide bonds. The van der Waals surface area contributed by atoms with E-state index in [9.17, 15) is 19.5 Å². The van der Waals surface area contributed by atoms with Crippen LogP contribution in [0.1, 0.15) is 44.3 Å². The molecular formula is C25H23N5O4S. The second-order valence-electron chi connectivity index (χ2n) is 8.29. The smallest absolute Gasteiger partial charge is 0.305 e. The van der Waals surface area contributed by atoms with Crippen molar-refractivity contribution in [3.05, 3.63) is 81.5 Å². The van der Waals surface area contributed by atoms with Crippen LogP contribution in [-0.4, -0.2) is 46.8 Å². The lowest BCUT2D eigenvalue weighted by molar-refractivity contribution is -0.138. The van der Waals surface area contributed by atoms with E-state index in [2.05, 4.69) is 20.9 Å². The van der Waals surface area contributed by atoms with Gasteiger partial charge in [-0.25, -0.2) is 0 Å². The number of fused-ring (bicyclic) bond motifs is 1. The van der Waals surface area contributed by atoms with Crippen molar-refractivity contribution in [3.8, 4) is 0 Å². The number of carbonyl (C=O) groups excluding carboxylic acids is 2. The van der Waals surface area contributed by atoms with Gasteiger partial charge in [0.1, 0.15) is 0 Å². The normalized spacial score (nSPS) is 15.3. The van der Waals surface area contributed by atoms with Gasteiger partial charge in [-0.3, -0.25) is 19.4 Å². The van der Waals surface area contributed by atoms with Gasteiger partial charge in [-0.15, -0.1) is 0 Å². The fourth-order valence-corrected chi connectivity index (χ4v) is 4.96. The first-order valence-electron chi connectivity index (χ1n) is 11.1. The molecule has 0 saturated carbocycles. The maximum Gasteiger partial charge on any atom is 0.305 e. The number of aliphatic carboxylic acids is 1. The van der Waals surface area contributed by atoms with Crippen molar-refractivity contribution in [2.24, 2.45) is 4.99 Å². The van der Waals surface area contributed by atoms with Crippen LogP contribution >= 0.6 is 11.3 Å². The summed E-state index contributed by atoms with van der Waals surface area (Å²) in [6.45, 7) is 1.81. The molecule has 1 aromatic heterocycles. The number of aliphatic imine (C=N–C) groups is 1. The van der Waals surface area contributed by atoms with Gasteiger partial charge < -0.3 is 26.0 Å². The number of nitrogens with zero attached hydrogens (tertiary/aromatic N) is 2. The molecule has 5 rings (SSSR count). The highest BCUT2D eigenvalue weighted by Crippen LogP contribution is 2.35. The Morgan fingerprint density at radius 3 is 2.80 bits per heavy atom. The number of carboxylic acid groups (broad SMARTS) is 1. The summed E-state index contributed by atoms with van der Waals surface area (Å²) >= 11 is 1.46. The summed E-state index contributed by atoms with van der Waals surface area (Å²) in [6.07, 6.45) is -0.174. The quantitative estimate of drug-likeness (QED) is 0.403. The van der Waals surface area contributed by atoms with Gasteiger partial charge in [-0.2, -0.15) is 11.3 Å². The number of hydrogen-bond donors (Lipinski definition) is 4. The van der Waals surface area contributed by atoms with Gasteiger partial charge >= 0.3 is 5.97 Å². The monoisotopic (exact) mass is 489 g/mol. The standard InChI is InChI=1S/C25H23N5O4S/c31-22(32)12-21(17-6-9-35-14-17)30-13-16-4-5-19(11-20(16)24(30)34)28-23(33)15-2-1-3-18(10-15)29-25-26-7-8-27-25/h1-6,9-11,14,21H,7-8,12-13H2,(H,28,33)(H,31,32)(H2,26,27,29). The van der Waals surface area contributed by atoms with E-state index in [4.69, 9.17) is 0 Å². The Kier molecular flexibility index (Phi) is 6.19. The number of carboxylic acids is 1. The van der Waals surface area contributed by atoms with Crippen LogP contribution in [0.5, 0.6) is 0 Å². The molecule has 9 nitrogen and oxygen atoms in total. The Morgan fingerprint density at radius 1 is 1.17 bits per heavy atom. The highest BCUT2D eigenvalue weighted by Gasteiger charge is 2.35. The van der Waals surface area contributed by atoms with Crippen molar-refractivity contribution in [2.75, 3.05) is 23.7 Å². The second-order valence-corrected chi connectivity index (χ2v) is 9.07. The number of nitrogens with one attached hydrogen (secondary N) is 3. The van der Waals surface area contributed by atoms with Gasteiger partial charge in [0, 0.05) is 35.6 Å². The first kappa shape index (κ1) is 22.6. The first-order chi connectivity index (χ1) is 17.0. The van der Waals surface area contributed by atoms with Crippen molar-refractivity contribution in [1.29, 1.82) is 0 Å². The van der Waals surface area contributed by atoms with Crippen molar-refractivity contribution in [1.82, 2.24) is 10.2 Å². The molecule has 0 spiro atoms. The highest BCUT2D eigenvalue weighted by molar-refractivity contribution is 7.08. The molecule has 10 heteroatoms. The average molecular weight is 490 g/mol. The molecule has 35 heavy (non-hydrogen) atoms. The van der Waals surface area contributed by atoms with E-state index in [1.165, 1.54) is 11.3 Å². The fraction of sp³-hybridized carbons (Fsp3) is 0.200. The number of anilines is 2. The Balaban J connectivity index is 1.31. The van der Waals surface area contributed by atoms with E-state index >= 15 is 0 Å². The zero-order valence-corrected chi connectivity index (χ0v) is 19.5. The molecule has 178 valence electrons. The summed E-state index contributed by atoms with van der Waals surface area (Å²) < 4.78 is 0. The van der Waals surface area contributed by atoms with E-state index in [0.717, 1.165) is 23.4 Å². The van der Waals surface area contributed by atoms with Crippen LogP contribution in [0.3, 0.4) is 0 Å². The maximum atomic E-state index is 13.2. The number of rotatable bonds is 7. The van der Waals surface area contributed by atoms with Crippen LogP contribution in [0, 0.1) is 0 Å². The molecule has 4 N–H and O–H groups in total. The maximum absolute atomic E-state index is 13.2. The van der Waals surface area contributed by atoms with E-state index in [1.54, 1.807) is 41.3 Å². The first-order valence-corrected chi connectivity index (χ1v) is 12.1. The summed E-state index contributed by atoms with van der Waals surface area (Å²) in [7, 11) is 0. The van der Waals surface area contributed by atoms with Gasteiger partial charge in [-0.1, -0.05) is 12.1 Å². The summed E-state index contributed by atoms with van der Waals surface area (Å²) in [4.78, 5) is 43.5. The summed E-state index contributed by atoms with van der Waals surface area (Å²) in [5, 5.41) is 22.3. The van der Waals surface area contributed by atoms with Crippen molar-refractivity contribution in [2.45, 2.75) is 19.0 Å². The number of thiophene rings is 1. The number of guanidine groups is 1. The van der Waals surface area contributed by atoms with E-state index in [1.807, 2.05) is 22.9 Å². The molecule has 0 fully saturated rings. The Morgan fingerprint density at radius 2 is 2.06 bits per heavy atom. The topological polar surface area (TPSA) is 123 Å². The van der Waals surface area contributed by atoms with E-state index < -0.39 is 12.0 Å². The Bertz CT molecular complexity index is 1320. The minimum atomic E-state index is -0.967. The van der Waals surface area contributed by atoms with Crippen molar-refractivity contribution in [3.63, 3.8) is 0 Å². The van der Waals surface area contributed by atoms with Gasteiger partial charge in [0.2, 0.25) is 0 Å². The van der Waals surface area contributed by atoms with Crippen LogP contribution in [-0.2, 0) is 11.3 Å². The minimum absolute atomic E-state index is 0.174. The van der Waals surface area contributed by atoms with Crippen LogP contribution in [0.2, 0.25) is 0 Å². The molecule has 0 saturated heterocycles. The van der Waals surface area contributed by atoms with Gasteiger partial charge in [0.25, 0.3) is 11.8 Å². The van der Waals surface area contributed by atoms with Crippen LogP contribution < -0.4 is 16.0 Å². The van der Waals surface area contributed by atoms with Gasteiger partial charge in [0.15, 0.2) is 5.96 Å². The SMILES string of the molecule is O=C(O)CC(c1ccsc1)N1Cc2ccc(NC(=O)c3cccc(NC4=NCCN4)c3)cc2C1=O. The lowest BCUT2D eigenvalue weighted by Crippen LogP contribution is -2.30. The zero-order chi connectivity index (χ0) is 24.4. The molecule has 0 radical (unpaired) electrons. The average Bonchev–Trinajstić information content (AvgIpc) is 3.61. The van der Waals surface area contributed by atoms with Crippen LogP contribution in [0.25, 0.3) is 0 Å². The summed E-state index contributed by atoms with van der Waals surface area (Å²) in [6, 6.07) is 13.6. The molecule has 1 unspecified atom stereocenters. The Labute approximate surface area is 205 Å². The van der Waals surface area contributed by atoms with E-state index in [0.29, 0.717) is 35.9 Å². The number of benzene rings is 2. The van der Waals surface area contributed by atoms with Gasteiger partial charge in [0.05, 0.1) is 19.0 Å². The molecule has 2 aromatic carbocycles. The molecular weight excluding hydrogens is 466 g/mol. The van der Waals surface area contributed by atoms with Crippen molar-refractivity contribution < 1.29 is 19.5 Å². The molecule has 3 aromatic rings. The number of carbonyl (C=O) groups is 3. The lowest BCUT2D eigenvalue weighted by Gasteiger charge is -2.26. The number of amides is 2. The summed E-state index contributed by atoms with van der Waals surface area (Å²) in [5.41, 5.74) is 3.77. The third-order valence-corrected chi connectivity index (χ3v) is 6.63. The largest absolute Gasteiger partial charge is 0.481 e. The van der Waals surface area contributed by atoms with Gasteiger partial charge in [-0.05, 0) is 58.3 Å². The third-order valence-electron chi connectivity index (χ3n) is 5.93. The Hall–Kier alpha value is -4.18. The molecule has 2 aliphatic rings. The number of hydrogen-bond acceptors (Lipinski definition) is 7. The minimum Gasteiger partial charge on any atom is -0.481 e. The predicted octanol–water partition coefficient (Wildman–Crippen LogP) is 3.54. The molecule has 0 bridgehead atoms. The second kappa shape index (κ2) is 9.59. The predicted molar refractivity (Wildman–Crippen MR) is 134 cm³/mol. The molecule has 1 atom stereocenters. The van der Waals surface area contributed by atoms with Crippen LogP contribution in [0.15, 0.2) is 64.3 Å². The zero-order valence-electron chi connectivity index (χ0n) is 18.7. The molecule has 0 aliphatic carbocycles. The fourth-order valence-electron chi connectivity index (χ4n) is 4.25. The highest BCUT2D eigenvalue weighted by atomic mass is 32.1. The molecule has 3 heterocycles. The lowest BCUT2D eigenvalue weighted by atomic mass is 10.1. The summed E-state index contributed by atoms with van der Waals surface area (Å²) in [5.74, 6) is -0.845. The molecule has 2 aliphatic heterocycles. The van der Waals surface area contributed by atoms with Crippen LogP contribution in [0.4, 0.5) is 11.4 Å². The van der Waals surface area contributed by atoms with Crippen molar-refractivity contribution >= 4 is 46.5 Å². The van der Waals surface area contributed by atoms with E-state index in [-0.39, 0.29) is 18.2 Å². The third kappa shape index (κ3) is 4.87.